The molecule has 180 valence electrons. The number of nitriles is 1. The van der Waals surface area contributed by atoms with Crippen molar-refractivity contribution in [1.82, 2.24) is 5.43 Å². The molecule has 4 aromatic rings. The van der Waals surface area contributed by atoms with Crippen molar-refractivity contribution in [3.63, 3.8) is 0 Å². The van der Waals surface area contributed by atoms with Gasteiger partial charge < -0.3 is 14.2 Å². The van der Waals surface area contributed by atoms with Crippen LogP contribution in [0.25, 0.3) is 10.8 Å². The number of amides is 1. The molecule has 0 aliphatic carbocycles. The molecule has 0 radical (unpaired) electrons. The van der Waals surface area contributed by atoms with Gasteiger partial charge in [-0.15, -0.1) is 0 Å². The zero-order valence-electron chi connectivity index (χ0n) is 19.6. The highest BCUT2D eigenvalue weighted by Gasteiger charge is 2.15. The Morgan fingerprint density at radius 2 is 1.69 bits per heavy atom. The molecule has 1 N–H and O–H groups in total. The number of carbonyl (C=O) groups excluding carboxylic acids is 1. The number of nitrogens with zero attached hydrogens (tertiary/aromatic N) is 2. The Bertz CT molecular complexity index is 1490. The van der Waals surface area contributed by atoms with Gasteiger partial charge in [-0.2, -0.15) is 10.4 Å². The molecule has 0 spiro atoms. The molecule has 0 bridgehead atoms. The first-order valence-corrected chi connectivity index (χ1v) is 11.7. The second kappa shape index (κ2) is 11.4. The predicted octanol–water partition coefficient (Wildman–Crippen LogP) is 5.83. The van der Waals surface area contributed by atoms with Crippen LogP contribution in [0.2, 0.25) is 0 Å². The summed E-state index contributed by atoms with van der Waals surface area (Å²) in [5, 5.41) is 15.3. The summed E-state index contributed by atoms with van der Waals surface area (Å²) in [4.78, 5) is 12.8. The summed E-state index contributed by atoms with van der Waals surface area (Å²) in [6.45, 7) is 0.204. The third-order valence-corrected chi connectivity index (χ3v) is 6.04. The number of hydrogen-bond donors (Lipinski definition) is 1. The van der Waals surface area contributed by atoms with Crippen LogP contribution in [-0.4, -0.2) is 26.3 Å². The molecule has 0 aliphatic rings. The van der Waals surface area contributed by atoms with Gasteiger partial charge in [-0.3, -0.25) is 4.79 Å². The van der Waals surface area contributed by atoms with E-state index in [-0.39, 0.29) is 6.61 Å². The Labute approximate surface area is 217 Å². The summed E-state index contributed by atoms with van der Waals surface area (Å²) in [6, 6.07) is 24.3. The minimum absolute atomic E-state index is 0.204. The third kappa shape index (κ3) is 5.48. The number of rotatable bonds is 8. The van der Waals surface area contributed by atoms with Gasteiger partial charge in [-0.25, -0.2) is 5.43 Å². The van der Waals surface area contributed by atoms with Crippen LogP contribution in [-0.2, 0) is 6.61 Å². The Morgan fingerprint density at radius 1 is 1.00 bits per heavy atom. The van der Waals surface area contributed by atoms with Crippen LogP contribution in [0.15, 0.2) is 82.4 Å². The number of methoxy groups -OCH3 is 2. The lowest BCUT2D eigenvalue weighted by molar-refractivity contribution is 0.0952. The number of hydrogen-bond acceptors (Lipinski definition) is 6. The van der Waals surface area contributed by atoms with Crippen LogP contribution < -0.4 is 19.6 Å². The normalized spacial score (nSPS) is 10.7. The van der Waals surface area contributed by atoms with Gasteiger partial charge in [-0.1, -0.05) is 42.5 Å². The topological polar surface area (TPSA) is 92.9 Å². The molecule has 4 aromatic carbocycles. The molecular formula is C28H22BrN3O4. The second-order valence-corrected chi connectivity index (χ2v) is 8.54. The smallest absolute Gasteiger partial charge is 0.275 e. The summed E-state index contributed by atoms with van der Waals surface area (Å²) in [5.74, 6) is 1.04. The van der Waals surface area contributed by atoms with E-state index >= 15 is 0 Å². The highest BCUT2D eigenvalue weighted by molar-refractivity contribution is 9.10. The molecule has 36 heavy (non-hydrogen) atoms. The maximum Gasteiger partial charge on any atom is 0.275 e. The summed E-state index contributed by atoms with van der Waals surface area (Å²) in [6.07, 6.45) is 1.51. The highest BCUT2D eigenvalue weighted by Crippen LogP contribution is 2.37. The molecule has 4 rings (SSSR count). The lowest BCUT2D eigenvalue weighted by Gasteiger charge is -2.14. The van der Waals surface area contributed by atoms with E-state index < -0.39 is 5.91 Å². The van der Waals surface area contributed by atoms with Gasteiger partial charge in [0.25, 0.3) is 5.91 Å². The van der Waals surface area contributed by atoms with Crippen molar-refractivity contribution in [2.75, 3.05) is 14.2 Å². The van der Waals surface area contributed by atoms with Crippen LogP contribution in [0.5, 0.6) is 17.2 Å². The van der Waals surface area contributed by atoms with Crippen molar-refractivity contribution in [2.24, 2.45) is 5.10 Å². The molecule has 8 heteroatoms. The molecule has 0 saturated heterocycles. The first kappa shape index (κ1) is 24.8. The van der Waals surface area contributed by atoms with Gasteiger partial charge in [0.15, 0.2) is 11.5 Å². The van der Waals surface area contributed by atoms with Crippen LogP contribution in [0.3, 0.4) is 0 Å². The fourth-order valence-corrected chi connectivity index (χ4v) is 4.23. The van der Waals surface area contributed by atoms with Crippen molar-refractivity contribution < 1.29 is 19.0 Å². The van der Waals surface area contributed by atoms with Gasteiger partial charge in [0.1, 0.15) is 12.4 Å². The van der Waals surface area contributed by atoms with E-state index in [0.717, 1.165) is 16.3 Å². The average Bonchev–Trinajstić information content (AvgIpc) is 2.91. The molecule has 0 atom stereocenters. The van der Waals surface area contributed by atoms with Gasteiger partial charge in [0.05, 0.1) is 42.1 Å². The summed E-state index contributed by atoms with van der Waals surface area (Å²) in [5.41, 5.74) is 4.93. The number of carbonyl (C=O) groups is 1. The first-order valence-electron chi connectivity index (χ1n) is 10.9. The maximum absolute atomic E-state index is 12.8. The van der Waals surface area contributed by atoms with Gasteiger partial charge in [0, 0.05) is 5.56 Å². The minimum atomic E-state index is -0.393. The molecular weight excluding hydrogens is 522 g/mol. The number of fused-ring (bicyclic) bond motifs is 1. The average molecular weight is 544 g/mol. The van der Waals surface area contributed by atoms with E-state index in [4.69, 9.17) is 14.2 Å². The van der Waals surface area contributed by atoms with Crippen molar-refractivity contribution in [2.45, 2.75) is 6.61 Å². The largest absolute Gasteiger partial charge is 0.496 e. The number of ether oxygens (including phenoxy) is 3. The van der Waals surface area contributed by atoms with E-state index in [9.17, 15) is 10.1 Å². The third-order valence-electron chi connectivity index (χ3n) is 5.45. The molecule has 0 heterocycles. The lowest BCUT2D eigenvalue weighted by Crippen LogP contribution is -2.18. The zero-order valence-corrected chi connectivity index (χ0v) is 21.2. The van der Waals surface area contributed by atoms with Crippen LogP contribution in [0.4, 0.5) is 0 Å². The molecule has 0 aliphatic heterocycles. The van der Waals surface area contributed by atoms with E-state index in [1.165, 1.54) is 20.4 Å². The zero-order chi connectivity index (χ0) is 25.5. The van der Waals surface area contributed by atoms with Crippen LogP contribution in [0, 0.1) is 11.3 Å². The van der Waals surface area contributed by atoms with Gasteiger partial charge >= 0.3 is 0 Å². The maximum atomic E-state index is 12.8. The summed E-state index contributed by atoms with van der Waals surface area (Å²) >= 11 is 3.51. The first-order chi connectivity index (χ1) is 17.5. The molecule has 0 saturated carbocycles. The fraction of sp³-hybridized carbons (Fsp3) is 0.107. The van der Waals surface area contributed by atoms with Crippen LogP contribution >= 0.6 is 15.9 Å². The lowest BCUT2D eigenvalue weighted by atomic mass is 10.1. The SMILES string of the molecule is COc1cc2ccccc2cc1C(=O)N/N=C\c1cc(Br)c(OCc2ccccc2C#N)c(OC)c1. The van der Waals surface area contributed by atoms with Crippen molar-refractivity contribution in [3.05, 3.63) is 99.5 Å². The van der Waals surface area contributed by atoms with Crippen LogP contribution in [0.1, 0.15) is 27.0 Å². The number of halogens is 1. The summed E-state index contributed by atoms with van der Waals surface area (Å²) in [7, 11) is 3.06. The standard InChI is InChI=1S/C28H22BrN3O4/c1-34-25-14-20-8-4-3-7-19(20)13-23(25)28(33)32-31-16-18-11-24(29)27(26(12-18)35-2)36-17-22-10-6-5-9-21(22)15-30/h3-14,16H,17H2,1-2H3,(H,32,33)/b31-16-. The Kier molecular flexibility index (Phi) is 7.83. The predicted molar refractivity (Wildman–Crippen MR) is 142 cm³/mol. The fourth-order valence-electron chi connectivity index (χ4n) is 3.65. The molecule has 1 amide bonds. The van der Waals surface area contributed by atoms with E-state index in [0.29, 0.717) is 38.4 Å². The quantitative estimate of drug-likeness (QED) is 0.223. The van der Waals surface area contributed by atoms with Gasteiger partial charge in [-0.05, 0) is 62.6 Å². The Morgan fingerprint density at radius 3 is 2.42 bits per heavy atom. The monoisotopic (exact) mass is 543 g/mol. The van der Waals surface area contributed by atoms with Crippen molar-refractivity contribution in [1.29, 1.82) is 5.26 Å². The molecule has 7 nitrogen and oxygen atoms in total. The molecule has 0 unspecified atom stereocenters. The van der Waals surface area contributed by atoms with E-state index in [1.807, 2.05) is 48.5 Å². The number of nitrogens with one attached hydrogen (secondary N) is 1. The summed E-state index contributed by atoms with van der Waals surface area (Å²) < 4.78 is 17.5. The Balaban J connectivity index is 1.50. The van der Waals surface area contributed by atoms with E-state index in [2.05, 4.69) is 32.5 Å². The molecule has 0 aromatic heterocycles. The Hall–Kier alpha value is -4.35. The molecule has 0 fully saturated rings. The highest BCUT2D eigenvalue weighted by atomic mass is 79.9. The number of hydrazone groups is 1. The van der Waals surface area contributed by atoms with E-state index in [1.54, 1.807) is 24.3 Å². The minimum Gasteiger partial charge on any atom is -0.496 e. The van der Waals surface area contributed by atoms with Gasteiger partial charge in [0.2, 0.25) is 0 Å². The van der Waals surface area contributed by atoms with Crippen molar-refractivity contribution >= 4 is 38.8 Å². The van der Waals surface area contributed by atoms with Crippen molar-refractivity contribution in [3.8, 4) is 23.3 Å². The number of benzene rings is 4. The second-order valence-electron chi connectivity index (χ2n) is 7.69.